The number of hydrogen-bond donors (Lipinski definition) is 1. The van der Waals surface area contributed by atoms with Crippen LogP contribution in [0.1, 0.15) is 18.5 Å². The third-order valence-electron chi connectivity index (χ3n) is 2.68. The number of ether oxygens (including phenoxy) is 1. The molecule has 0 amide bonds. The first kappa shape index (κ1) is 15.8. The van der Waals surface area contributed by atoms with Gasteiger partial charge in [-0.1, -0.05) is 0 Å². The van der Waals surface area contributed by atoms with Gasteiger partial charge in [-0.2, -0.15) is 31.4 Å². The summed E-state index contributed by atoms with van der Waals surface area (Å²) < 4.78 is 77.7. The summed E-state index contributed by atoms with van der Waals surface area (Å²) in [5.74, 6) is -0.829. The maximum absolute atomic E-state index is 12.3. The van der Waals surface area contributed by atoms with E-state index >= 15 is 0 Å². The Hall–Kier alpha value is -1.58. The van der Waals surface area contributed by atoms with E-state index in [0.717, 1.165) is 18.9 Å². The Labute approximate surface area is 115 Å². The monoisotopic (exact) mass is 315 g/mol. The van der Waals surface area contributed by atoms with E-state index < -0.39 is 24.3 Å². The van der Waals surface area contributed by atoms with Crippen molar-refractivity contribution < 1.29 is 31.1 Å². The average Bonchev–Trinajstić information content (AvgIpc) is 3.16. The zero-order valence-corrected chi connectivity index (χ0v) is 10.5. The molecule has 118 valence electrons. The number of halogens is 6. The van der Waals surface area contributed by atoms with Crippen LogP contribution in [0.25, 0.3) is 0 Å². The molecule has 0 aromatic carbocycles. The lowest BCUT2D eigenvalue weighted by atomic mass is 10.3. The van der Waals surface area contributed by atoms with Crippen molar-refractivity contribution in [1.82, 2.24) is 15.5 Å². The summed E-state index contributed by atoms with van der Waals surface area (Å²) in [4.78, 5) is 0. The minimum absolute atomic E-state index is 0.347. The highest BCUT2D eigenvalue weighted by Crippen LogP contribution is 2.35. The van der Waals surface area contributed by atoms with E-state index in [4.69, 9.17) is 0 Å². The van der Waals surface area contributed by atoms with Crippen molar-refractivity contribution in [3.05, 3.63) is 17.8 Å². The summed E-state index contributed by atoms with van der Waals surface area (Å²) in [6.07, 6.45) is -13.0. The van der Waals surface area contributed by atoms with Crippen LogP contribution in [0.3, 0.4) is 0 Å². The average molecular weight is 315 g/mol. The SMILES string of the molecule is FC(F)(F)C(Oc1ccc(CNC2CC2)nn1)C(F)(F)F. The lowest BCUT2D eigenvalue weighted by Crippen LogP contribution is -2.46. The fourth-order valence-corrected chi connectivity index (χ4v) is 1.48. The van der Waals surface area contributed by atoms with Crippen LogP contribution in [0.2, 0.25) is 0 Å². The topological polar surface area (TPSA) is 47.0 Å². The van der Waals surface area contributed by atoms with E-state index in [2.05, 4.69) is 20.3 Å². The van der Waals surface area contributed by atoms with E-state index in [-0.39, 0.29) is 0 Å². The number of alkyl halides is 6. The molecule has 0 saturated heterocycles. The molecule has 0 spiro atoms. The molecule has 1 saturated carbocycles. The van der Waals surface area contributed by atoms with Gasteiger partial charge in [-0.05, 0) is 18.9 Å². The van der Waals surface area contributed by atoms with Gasteiger partial charge in [0.05, 0.1) is 5.69 Å². The molecular formula is C11H11F6N3O. The van der Waals surface area contributed by atoms with E-state index in [0.29, 0.717) is 18.3 Å². The van der Waals surface area contributed by atoms with E-state index in [1.165, 1.54) is 6.07 Å². The zero-order valence-electron chi connectivity index (χ0n) is 10.5. The highest BCUT2D eigenvalue weighted by Gasteiger charge is 2.59. The predicted molar refractivity (Wildman–Crippen MR) is 58.4 cm³/mol. The number of nitrogens with one attached hydrogen (secondary N) is 1. The molecule has 1 fully saturated rings. The quantitative estimate of drug-likeness (QED) is 0.849. The minimum Gasteiger partial charge on any atom is -0.454 e. The molecule has 1 heterocycles. The van der Waals surface area contributed by atoms with Gasteiger partial charge in [-0.15, -0.1) is 5.10 Å². The van der Waals surface area contributed by atoms with Crippen LogP contribution < -0.4 is 10.1 Å². The molecule has 1 aromatic rings. The summed E-state index contributed by atoms with van der Waals surface area (Å²) in [5, 5.41) is 9.83. The van der Waals surface area contributed by atoms with Gasteiger partial charge in [-0.25, -0.2) is 0 Å². The van der Waals surface area contributed by atoms with Crippen LogP contribution in [0.4, 0.5) is 26.3 Å². The maximum atomic E-state index is 12.3. The molecule has 0 radical (unpaired) electrons. The van der Waals surface area contributed by atoms with Crippen molar-refractivity contribution in [2.45, 2.75) is 43.9 Å². The number of hydrogen-bond acceptors (Lipinski definition) is 4. The molecule has 21 heavy (non-hydrogen) atoms. The van der Waals surface area contributed by atoms with E-state index in [9.17, 15) is 26.3 Å². The van der Waals surface area contributed by atoms with Crippen molar-refractivity contribution >= 4 is 0 Å². The summed E-state index contributed by atoms with van der Waals surface area (Å²) >= 11 is 0. The molecule has 0 unspecified atom stereocenters. The Morgan fingerprint density at radius 2 is 1.71 bits per heavy atom. The number of rotatable bonds is 5. The van der Waals surface area contributed by atoms with Gasteiger partial charge in [0.25, 0.3) is 6.10 Å². The summed E-state index contributed by atoms with van der Waals surface area (Å²) in [7, 11) is 0. The lowest BCUT2D eigenvalue weighted by molar-refractivity contribution is -0.300. The van der Waals surface area contributed by atoms with Gasteiger partial charge in [-0.3, -0.25) is 0 Å². The van der Waals surface area contributed by atoms with Gasteiger partial charge in [0.15, 0.2) is 0 Å². The summed E-state index contributed by atoms with van der Waals surface area (Å²) in [6.45, 7) is 0.347. The standard InChI is InChI=1S/C11H11F6N3O/c12-10(13,14)9(11(15,16)17)21-8-4-3-7(19-20-8)5-18-6-1-2-6/h3-4,6,9,18H,1-2,5H2. The fourth-order valence-electron chi connectivity index (χ4n) is 1.48. The maximum Gasteiger partial charge on any atom is 0.434 e. The smallest absolute Gasteiger partial charge is 0.434 e. The molecule has 2 rings (SSSR count). The first-order chi connectivity index (χ1) is 9.66. The van der Waals surface area contributed by atoms with Gasteiger partial charge < -0.3 is 10.1 Å². The van der Waals surface area contributed by atoms with Gasteiger partial charge >= 0.3 is 12.4 Å². The van der Waals surface area contributed by atoms with Crippen LogP contribution in [-0.2, 0) is 6.54 Å². The fraction of sp³-hybridized carbons (Fsp3) is 0.636. The highest BCUT2D eigenvalue weighted by atomic mass is 19.4. The summed E-state index contributed by atoms with van der Waals surface area (Å²) in [5.41, 5.74) is 0.407. The van der Waals surface area contributed by atoms with Crippen molar-refractivity contribution in [2.24, 2.45) is 0 Å². The number of aromatic nitrogens is 2. The molecule has 0 bridgehead atoms. The zero-order chi connectivity index (χ0) is 15.7. The highest BCUT2D eigenvalue weighted by molar-refractivity contribution is 5.12. The van der Waals surface area contributed by atoms with Gasteiger partial charge in [0.2, 0.25) is 5.88 Å². The molecule has 0 atom stereocenters. The molecule has 1 aliphatic carbocycles. The van der Waals surface area contributed by atoms with Crippen molar-refractivity contribution in [2.75, 3.05) is 0 Å². The second kappa shape index (κ2) is 5.66. The molecule has 4 nitrogen and oxygen atoms in total. The van der Waals surface area contributed by atoms with Crippen LogP contribution >= 0.6 is 0 Å². The van der Waals surface area contributed by atoms with E-state index in [1.54, 1.807) is 0 Å². The predicted octanol–water partition coefficient (Wildman–Crippen LogP) is 2.60. The number of nitrogens with zero attached hydrogens (tertiary/aromatic N) is 2. The second-order valence-electron chi connectivity index (χ2n) is 4.60. The Balaban J connectivity index is 1.99. The Morgan fingerprint density at radius 3 is 2.14 bits per heavy atom. The van der Waals surface area contributed by atoms with Crippen molar-refractivity contribution in [1.29, 1.82) is 0 Å². The van der Waals surface area contributed by atoms with Gasteiger partial charge in [0.1, 0.15) is 0 Å². The van der Waals surface area contributed by atoms with Crippen molar-refractivity contribution in [3.63, 3.8) is 0 Å². The third-order valence-corrected chi connectivity index (χ3v) is 2.68. The van der Waals surface area contributed by atoms with Gasteiger partial charge in [0, 0.05) is 18.7 Å². The van der Waals surface area contributed by atoms with E-state index in [1.807, 2.05) is 0 Å². The van der Waals surface area contributed by atoms with Crippen LogP contribution in [0.15, 0.2) is 12.1 Å². The summed E-state index contributed by atoms with van der Waals surface area (Å²) in [6, 6.07) is 2.59. The Kier molecular flexibility index (Phi) is 4.26. The molecule has 0 aliphatic heterocycles. The lowest BCUT2D eigenvalue weighted by Gasteiger charge is -2.22. The largest absolute Gasteiger partial charge is 0.454 e. The van der Waals surface area contributed by atoms with Crippen LogP contribution in [-0.4, -0.2) is 34.7 Å². The van der Waals surface area contributed by atoms with Crippen molar-refractivity contribution in [3.8, 4) is 5.88 Å². The Bertz CT molecular complexity index is 454. The third kappa shape index (κ3) is 4.73. The normalized spacial score (nSPS) is 16.3. The van der Waals surface area contributed by atoms with Crippen LogP contribution in [0.5, 0.6) is 5.88 Å². The first-order valence-electron chi connectivity index (χ1n) is 6.02. The molecule has 1 N–H and O–H groups in total. The second-order valence-corrected chi connectivity index (χ2v) is 4.60. The molecule has 1 aliphatic rings. The minimum atomic E-state index is -5.58. The first-order valence-corrected chi connectivity index (χ1v) is 6.02. The molecule has 10 heteroatoms. The Morgan fingerprint density at radius 1 is 1.10 bits per heavy atom. The molecular weight excluding hydrogens is 304 g/mol. The van der Waals surface area contributed by atoms with Crippen LogP contribution in [0, 0.1) is 0 Å². The molecule has 1 aromatic heterocycles.